The van der Waals surface area contributed by atoms with Crippen molar-refractivity contribution in [2.45, 2.75) is 33.3 Å². The first kappa shape index (κ1) is 29.0. The minimum atomic E-state index is -1.22. The van der Waals surface area contributed by atoms with Gasteiger partial charge in [0.2, 0.25) is 0 Å². The molecule has 2 aromatic heterocycles. The molecule has 3 aromatic carbocycles. The van der Waals surface area contributed by atoms with Crippen LogP contribution in [0.25, 0.3) is 33.4 Å². The number of pyridine rings is 1. The number of fused-ring (bicyclic) bond motifs is 1. The third-order valence-corrected chi connectivity index (χ3v) is 7.02. The molecule has 0 saturated carbocycles. The molecule has 0 radical (unpaired) electrons. The first-order valence-electron chi connectivity index (χ1n) is 13.4. The molecule has 0 aliphatic rings. The van der Waals surface area contributed by atoms with E-state index in [0.717, 1.165) is 28.8 Å². The van der Waals surface area contributed by atoms with Gasteiger partial charge in [-0.15, -0.1) is 0 Å². The van der Waals surface area contributed by atoms with Gasteiger partial charge < -0.3 is 28.7 Å². The molecule has 2 N–H and O–H groups in total. The molecule has 0 amide bonds. The number of aliphatic hydroxyl groups excluding tert-OH is 1. The monoisotopic (exact) mass is 575 g/mol. The van der Waals surface area contributed by atoms with Crippen LogP contribution in [-0.2, 0) is 12.6 Å². The molecule has 218 valence electrons. The van der Waals surface area contributed by atoms with Gasteiger partial charge in [0, 0.05) is 36.0 Å². The Morgan fingerprint density at radius 2 is 1.64 bits per heavy atom. The summed E-state index contributed by atoms with van der Waals surface area (Å²) in [6, 6.07) is 13.4. The van der Waals surface area contributed by atoms with Crippen LogP contribution in [-0.4, -0.2) is 28.0 Å². The number of benzene rings is 3. The topological polar surface area (TPSA) is 94.1 Å². The minimum absolute atomic E-state index is 0.107. The van der Waals surface area contributed by atoms with Crippen molar-refractivity contribution in [3.05, 3.63) is 99.5 Å². The van der Waals surface area contributed by atoms with Crippen molar-refractivity contribution in [1.29, 1.82) is 0 Å². The number of ether oxygens (including phenoxy) is 2. The quantitative estimate of drug-likeness (QED) is 0.213. The standard InChI is InChI=1S/C33H31F2NO6/c1-18-12-20(13-19(2)30(18)40-11-10-37)29-16-24-31(42-29)25(17-36(5)32(24)38)23-14-21(33(3,4)39)6-8-27(23)41-28-9-7-22(34)15-26(28)35/h6-9,12-17,37,39H,10-11H2,1-5H3. The molecule has 0 bridgehead atoms. The summed E-state index contributed by atoms with van der Waals surface area (Å²) < 4.78 is 47.5. The molecule has 0 atom stereocenters. The van der Waals surface area contributed by atoms with Crippen LogP contribution in [0.5, 0.6) is 17.2 Å². The highest BCUT2D eigenvalue weighted by atomic mass is 19.1. The Kier molecular flexibility index (Phi) is 7.66. The second-order valence-corrected chi connectivity index (χ2v) is 10.8. The molecule has 5 rings (SSSR count). The van der Waals surface area contributed by atoms with Gasteiger partial charge in [-0.2, -0.15) is 0 Å². The number of hydrogen-bond acceptors (Lipinski definition) is 6. The van der Waals surface area contributed by atoms with E-state index in [1.165, 1.54) is 10.6 Å². The van der Waals surface area contributed by atoms with Crippen molar-refractivity contribution >= 4 is 11.0 Å². The third-order valence-electron chi connectivity index (χ3n) is 7.02. The number of aryl methyl sites for hydroxylation is 3. The highest BCUT2D eigenvalue weighted by molar-refractivity contribution is 5.95. The van der Waals surface area contributed by atoms with Crippen LogP contribution in [0.2, 0.25) is 0 Å². The molecular formula is C33H31F2NO6. The SMILES string of the molecule is Cc1cc(-c2cc3c(=O)n(C)cc(-c4cc(C(C)(C)O)ccc4Oc4ccc(F)cc4F)c3o2)cc(C)c1OCCO. The first-order chi connectivity index (χ1) is 19.9. The van der Waals surface area contributed by atoms with Gasteiger partial charge in [0.1, 0.15) is 35.3 Å². The van der Waals surface area contributed by atoms with Crippen LogP contribution >= 0.6 is 0 Å². The van der Waals surface area contributed by atoms with Gasteiger partial charge in [-0.05, 0) is 86.8 Å². The molecule has 0 unspecified atom stereocenters. The minimum Gasteiger partial charge on any atom is -0.491 e. The Hall–Kier alpha value is -4.47. The average Bonchev–Trinajstić information content (AvgIpc) is 3.37. The molecular weight excluding hydrogens is 544 g/mol. The van der Waals surface area contributed by atoms with E-state index in [1.807, 2.05) is 26.0 Å². The second-order valence-electron chi connectivity index (χ2n) is 10.8. The smallest absolute Gasteiger partial charge is 0.261 e. The fraction of sp³-hybridized carbons (Fsp3) is 0.242. The summed E-state index contributed by atoms with van der Waals surface area (Å²) in [5.74, 6) is -0.485. The first-order valence-corrected chi connectivity index (χ1v) is 13.4. The van der Waals surface area contributed by atoms with E-state index < -0.39 is 17.2 Å². The number of rotatable bonds is 8. The summed E-state index contributed by atoms with van der Waals surface area (Å²) in [5.41, 5.74) is 2.61. The Morgan fingerprint density at radius 3 is 2.29 bits per heavy atom. The van der Waals surface area contributed by atoms with E-state index in [2.05, 4.69) is 0 Å². The highest BCUT2D eigenvalue weighted by Gasteiger charge is 2.24. The van der Waals surface area contributed by atoms with Gasteiger partial charge >= 0.3 is 0 Å². The second kappa shape index (κ2) is 11.1. The van der Waals surface area contributed by atoms with Gasteiger partial charge in [0.25, 0.3) is 5.56 Å². The Morgan fingerprint density at radius 1 is 0.952 bits per heavy atom. The highest BCUT2D eigenvalue weighted by Crippen LogP contribution is 2.42. The van der Waals surface area contributed by atoms with Crippen LogP contribution in [0.15, 0.2) is 70.0 Å². The van der Waals surface area contributed by atoms with Crippen molar-refractivity contribution < 1.29 is 32.9 Å². The molecule has 2 heterocycles. The zero-order valence-electron chi connectivity index (χ0n) is 23.9. The summed E-state index contributed by atoms with van der Waals surface area (Å²) >= 11 is 0. The Balaban J connectivity index is 1.72. The summed E-state index contributed by atoms with van der Waals surface area (Å²) in [6.45, 7) is 7.09. The molecule has 0 fully saturated rings. The normalized spacial score (nSPS) is 11.7. The lowest BCUT2D eigenvalue weighted by Crippen LogP contribution is -2.17. The van der Waals surface area contributed by atoms with Crippen LogP contribution in [0.3, 0.4) is 0 Å². The summed E-state index contributed by atoms with van der Waals surface area (Å²) in [5, 5.41) is 20.2. The fourth-order valence-corrected chi connectivity index (χ4v) is 4.94. The molecule has 0 saturated heterocycles. The molecule has 7 nitrogen and oxygen atoms in total. The summed E-state index contributed by atoms with van der Waals surface area (Å²) in [6.07, 6.45) is 1.59. The molecule has 0 spiro atoms. The average molecular weight is 576 g/mol. The number of hydrogen-bond donors (Lipinski definition) is 2. The molecule has 9 heteroatoms. The third kappa shape index (κ3) is 5.53. The van der Waals surface area contributed by atoms with Gasteiger partial charge in [0.05, 0.1) is 17.6 Å². The van der Waals surface area contributed by atoms with Crippen molar-refractivity contribution in [3.8, 4) is 39.7 Å². The number of aliphatic hydroxyl groups is 2. The van der Waals surface area contributed by atoms with E-state index in [0.29, 0.717) is 33.6 Å². The molecule has 0 aliphatic heterocycles. The zero-order chi connectivity index (χ0) is 30.3. The van der Waals surface area contributed by atoms with E-state index in [-0.39, 0.29) is 35.9 Å². The number of aromatic nitrogens is 1. The fourth-order valence-electron chi connectivity index (χ4n) is 4.94. The lowest BCUT2D eigenvalue weighted by Gasteiger charge is -2.21. The van der Waals surface area contributed by atoms with Crippen LogP contribution in [0.4, 0.5) is 8.78 Å². The Labute approximate surface area is 241 Å². The summed E-state index contributed by atoms with van der Waals surface area (Å²) in [7, 11) is 1.61. The van der Waals surface area contributed by atoms with E-state index in [4.69, 9.17) is 19.0 Å². The predicted molar refractivity (Wildman–Crippen MR) is 156 cm³/mol. The summed E-state index contributed by atoms with van der Waals surface area (Å²) in [4.78, 5) is 13.2. The van der Waals surface area contributed by atoms with Crippen molar-refractivity contribution in [2.24, 2.45) is 7.05 Å². The van der Waals surface area contributed by atoms with E-state index in [1.54, 1.807) is 51.4 Å². The van der Waals surface area contributed by atoms with Gasteiger partial charge in [-0.1, -0.05) is 6.07 Å². The Bertz CT molecular complexity index is 1840. The molecule has 42 heavy (non-hydrogen) atoms. The van der Waals surface area contributed by atoms with Gasteiger partial charge in [-0.3, -0.25) is 4.79 Å². The van der Waals surface area contributed by atoms with Crippen LogP contribution < -0.4 is 15.0 Å². The lowest BCUT2D eigenvalue weighted by molar-refractivity contribution is 0.0786. The maximum Gasteiger partial charge on any atom is 0.261 e. The van der Waals surface area contributed by atoms with Gasteiger partial charge in [0.15, 0.2) is 11.6 Å². The zero-order valence-corrected chi connectivity index (χ0v) is 23.9. The van der Waals surface area contributed by atoms with Crippen molar-refractivity contribution in [2.75, 3.05) is 13.2 Å². The van der Waals surface area contributed by atoms with E-state index in [9.17, 15) is 18.7 Å². The molecule has 5 aromatic rings. The maximum absolute atomic E-state index is 14.6. The largest absolute Gasteiger partial charge is 0.491 e. The maximum atomic E-state index is 14.6. The van der Waals surface area contributed by atoms with Crippen LogP contribution in [0.1, 0.15) is 30.5 Å². The van der Waals surface area contributed by atoms with Crippen molar-refractivity contribution in [3.63, 3.8) is 0 Å². The van der Waals surface area contributed by atoms with E-state index >= 15 is 0 Å². The number of furan rings is 1. The number of nitrogens with zero attached hydrogens (tertiary/aromatic N) is 1. The van der Waals surface area contributed by atoms with Crippen LogP contribution in [0, 0.1) is 25.5 Å². The van der Waals surface area contributed by atoms with Gasteiger partial charge in [-0.25, -0.2) is 8.78 Å². The lowest BCUT2D eigenvalue weighted by atomic mass is 9.93. The predicted octanol–water partition coefficient (Wildman–Crippen LogP) is 6.75. The number of halogens is 2. The molecule has 0 aliphatic carbocycles. The van der Waals surface area contributed by atoms with Crippen molar-refractivity contribution in [1.82, 2.24) is 4.57 Å².